The number of ether oxygens (including phenoxy) is 1. The highest BCUT2D eigenvalue weighted by molar-refractivity contribution is 5.89. The third kappa shape index (κ3) is 4.86. The van der Waals surface area contributed by atoms with Crippen LogP contribution in [0, 0.1) is 6.92 Å². The maximum absolute atomic E-state index is 12.6. The Kier molecular flexibility index (Phi) is 5.82. The quantitative estimate of drug-likeness (QED) is 0.740. The van der Waals surface area contributed by atoms with Gasteiger partial charge < -0.3 is 15.2 Å². The number of hydrogen-bond donors (Lipinski definition) is 2. The highest BCUT2D eigenvalue weighted by Crippen LogP contribution is 2.35. The summed E-state index contributed by atoms with van der Waals surface area (Å²) in [4.78, 5) is 4.55. The van der Waals surface area contributed by atoms with Crippen molar-refractivity contribution in [1.29, 1.82) is 0 Å². The van der Waals surface area contributed by atoms with Crippen LogP contribution >= 0.6 is 0 Å². The molecule has 1 atom stereocenters. The summed E-state index contributed by atoms with van der Waals surface area (Å²) >= 11 is 0. The summed E-state index contributed by atoms with van der Waals surface area (Å²) in [5.74, 6) is 0. The van der Waals surface area contributed by atoms with Crippen LogP contribution in [-0.4, -0.2) is 29.4 Å². The number of hydrogen-bond acceptors (Lipinski definition) is 4. The van der Waals surface area contributed by atoms with E-state index in [0.717, 1.165) is 16.5 Å². The van der Waals surface area contributed by atoms with Gasteiger partial charge in [0.1, 0.15) is 6.54 Å². The van der Waals surface area contributed by atoms with Gasteiger partial charge in [0.05, 0.1) is 11.2 Å². The van der Waals surface area contributed by atoms with E-state index < -0.39 is 19.0 Å². The molecule has 0 saturated carbocycles. The van der Waals surface area contributed by atoms with Crippen LogP contribution in [0.3, 0.4) is 0 Å². The summed E-state index contributed by atoms with van der Waals surface area (Å²) in [5.41, 5.74) is 2.70. The standard InChI is InChI=1S/C19H25F3N2O2/c1-6-26-17(25)15-7-11(2)13-8-12(23-10-19(20,21)22)9-14(16(13)24-15)18(3,4)5/h7-9,17,23,25H,6,10H2,1-5H3. The number of benzene rings is 1. The molecule has 1 aromatic heterocycles. The van der Waals surface area contributed by atoms with E-state index in [1.807, 2.05) is 27.7 Å². The molecule has 2 rings (SSSR count). The van der Waals surface area contributed by atoms with Crippen LogP contribution in [0.5, 0.6) is 0 Å². The van der Waals surface area contributed by atoms with Crippen molar-refractivity contribution >= 4 is 16.6 Å². The van der Waals surface area contributed by atoms with Gasteiger partial charge in [0.25, 0.3) is 0 Å². The molecule has 0 aliphatic heterocycles. The van der Waals surface area contributed by atoms with Gasteiger partial charge in [-0.3, -0.25) is 0 Å². The van der Waals surface area contributed by atoms with E-state index in [2.05, 4.69) is 10.3 Å². The highest BCUT2D eigenvalue weighted by atomic mass is 19.4. The Bertz CT molecular complexity index is 783. The Labute approximate surface area is 151 Å². The van der Waals surface area contributed by atoms with Crippen molar-refractivity contribution in [3.05, 3.63) is 35.0 Å². The van der Waals surface area contributed by atoms with E-state index >= 15 is 0 Å². The van der Waals surface area contributed by atoms with Gasteiger partial charge in [0, 0.05) is 17.7 Å². The first-order valence-electron chi connectivity index (χ1n) is 8.48. The molecule has 2 aromatic rings. The molecular weight excluding hydrogens is 345 g/mol. The molecule has 4 nitrogen and oxygen atoms in total. The predicted octanol–water partition coefficient (Wildman–Crippen LogP) is 4.84. The molecular formula is C19H25F3N2O2. The Morgan fingerprint density at radius 2 is 1.85 bits per heavy atom. The first-order chi connectivity index (χ1) is 11.9. The lowest BCUT2D eigenvalue weighted by molar-refractivity contribution is -0.115. The largest absolute Gasteiger partial charge is 0.405 e. The minimum Gasteiger partial charge on any atom is -0.376 e. The molecule has 144 valence electrons. The van der Waals surface area contributed by atoms with Crippen molar-refractivity contribution in [2.45, 2.75) is 52.5 Å². The van der Waals surface area contributed by atoms with Gasteiger partial charge in [-0.2, -0.15) is 13.2 Å². The fourth-order valence-corrected chi connectivity index (χ4v) is 2.76. The van der Waals surface area contributed by atoms with E-state index in [1.165, 1.54) is 0 Å². The zero-order chi connectivity index (χ0) is 19.7. The minimum atomic E-state index is -4.30. The van der Waals surface area contributed by atoms with Crippen molar-refractivity contribution in [2.24, 2.45) is 0 Å². The molecule has 7 heteroatoms. The monoisotopic (exact) mass is 370 g/mol. The van der Waals surface area contributed by atoms with Crippen LogP contribution in [0.25, 0.3) is 10.9 Å². The van der Waals surface area contributed by atoms with Gasteiger partial charge in [0.2, 0.25) is 0 Å². The van der Waals surface area contributed by atoms with E-state index in [-0.39, 0.29) is 5.41 Å². The zero-order valence-electron chi connectivity index (χ0n) is 15.7. The Balaban J connectivity index is 2.62. The molecule has 1 aromatic carbocycles. The minimum absolute atomic E-state index is 0.340. The van der Waals surface area contributed by atoms with Crippen LogP contribution in [0.4, 0.5) is 18.9 Å². The van der Waals surface area contributed by atoms with Crippen LogP contribution in [0.15, 0.2) is 18.2 Å². The number of halogens is 3. The van der Waals surface area contributed by atoms with Gasteiger partial charge in [0.15, 0.2) is 6.29 Å². The predicted molar refractivity (Wildman–Crippen MR) is 96.3 cm³/mol. The number of aliphatic hydroxyl groups excluding tert-OH is 1. The number of alkyl halides is 3. The third-order valence-corrected chi connectivity index (χ3v) is 4.02. The number of pyridine rings is 1. The van der Waals surface area contributed by atoms with Crippen molar-refractivity contribution in [2.75, 3.05) is 18.5 Å². The van der Waals surface area contributed by atoms with E-state index in [1.54, 1.807) is 25.1 Å². The van der Waals surface area contributed by atoms with E-state index in [0.29, 0.717) is 23.5 Å². The van der Waals surface area contributed by atoms with Crippen LogP contribution in [0.1, 0.15) is 50.8 Å². The van der Waals surface area contributed by atoms with Crippen molar-refractivity contribution in [3.8, 4) is 0 Å². The van der Waals surface area contributed by atoms with E-state index in [4.69, 9.17) is 4.74 Å². The van der Waals surface area contributed by atoms with Crippen molar-refractivity contribution in [3.63, 3.8) is 0 Å². The molecule has 1 heterocycles. The lowest BCUT2D eigenvalue weighted by Gasteiger charge is -2.24. The van der Waals surface area contributed by atoms with Gasteiger partial charge >= 0.3 is 6.18 Å². The zero-order valence-corrected chi connectivity index (χ0v) is 15.7. The third-order valence-electron chi connectivity index (χ3n) is 4.02. The second kappa shape index (κ2) is 7.40. The number of rotatable bonds is 5. The molecule has 0 radical (unpaired) electrons. The summed E-state index contributed by atoms with van der Waals surface area (Å²) in [5, 5.41) is 13.3. The van der Waals surface area contributed by atoms with E-state index in [9.17, 15) is 18.3 Å². The normalized spacial score (nSPS) is 13.9. The maximum Gasteiger partial charge on any atom is 0.405 e. The molecule has 0 spiro atoms. The van der Waals surface area contributed by atoms with Crippen LogP contribution in [-0.2, 0) is 10.2 Å². The summed E-state index contributed by atoms with van der Waals surface area (Å²) in [7, 11) is 0. The van der Waals surface area contributed by atoms with Gasteiger partial charge in [-0.1, -0.05) is 20.8 Å². The lowest BCUT2D eigenvalue weighted by Crippen LogP contribution is -2.22. The SMILES string of the molecule is CCOC(O)c1cc(C)c2cc(NCC(F)(F)F)cc(C(C)(C)C)c2n1. The average molecular weight is 370 g/mol. The molecule has 26 heavy (non-hydrogen) atoms. The lowest BCUT2D eigenvalue weighted by atomic mass is 9.84. The number of aryl methyl sites for hydroxylation is 1. The molecule has 0 aliphatic carbocycles. The molecule has 2 N–H and O–H groups in total. The molecule has 0 bridgehead atoms. The molecule has 1 unspecified atom stereocenters. The number of nitrogens with one attached hydrogen (secondary N) is 1. The number of aromatic nitrogens is 1. The van der Waals surface area contributed by atoms with Crippen LogP contribution in [0.2, 0.25) is 0 Å². The summed E-state index contributed by atoms with van der Waals surface area (Å²) in [6.07, 6.45) is -5.44. The molecule has 0 aliphatic rings. The smallest absolute Gasteiger partial charge is 0.376 e. The second-order valence-corrected chi connectivity index (χ2v) is 7.31. The second-order valence-electron chi connectivity index (χ2n) is 7.31. The van der Waals surface area contributed by atoms with Gasteiger partial charge in [-0.05, 0) is 48.6 Å². The molecule has 0 fully saturated rings. The topological polar surface area (TPSA) is 54.4 Å². The summed E-state index contributed by atoms with van der Waals surface area (Å²) in [6.45, 7) is 8.76. The fraction of sp³-hybridized carbons (Fsp3) is 0.526. The molecule has 0 amide bonds. The number of nitrogens with zero attached hydrogens (tertiary/aromatic N) is 1. The first-order valence-corrected chi connectivity index (χ1v) is 8.48. The summed E-state index contributed by atoms with van der Waals surface area (Å²) < 4.78 is 42.9. The Morgan fingerprint density at radius 1 is 1.19 bits per heavy atom. The first kappa shape index (κ1) is 20.5. The maximum atomic E-state index is 12.6. The number of anilines is 1. The Morgan fingerprint density at radius 3 is 2.38 bits per heavy atom. The van der Waals surface area contributed by atoms with Crippen molar-refractivity contribution in [1.82, 2.24) is 4.98 Å². The molecule has 0 saturated heterocycles. The number of fused-ring (bicyclic) bond motifs is 1. The van der Waals surface area contributed by atoms with Gasteiger partial charge in [-0.15, -0.1) is 0 Å². The van der Waals surface area contributed by atoms with Gasteiger partial charge in [-0.25, -0.2) is 4.98 Å². The van der Waals surface area contributed by atoms with Crippen molar-refractivity contribution < 1.29 is 23.0 Å². The van der Waals surface area contributed by atoms with Crippen LogP contribution < -0.4 is 5.32 Å². The summed E-state index contributed by atoms with van der Waals surface area (Å²) in [6, 6.07) is 5.05. The fourth-order valence-electron chi connectivity index (χ4n) is 2.76. The Hall–Kier alpha value is -1.86. The highest BCUT2D eigenvalue weighted by Gasteiger charge is 2.27. The number of aliphatic hydroxyl groups is 1. The average Bonchev–Trinajstić information content (AvgIpc) is 2.51.